The highest BCUT2D eigenvalue weighted by Gasteiger charge is 2.19. The van der Waals surface area contributed by atoms with Gasteiger partial charge in [0, 0.05) is 0 Å². The Hall–Kier alpha value is -1.69. The molecule has 0 aromatic carbocycles. The number of nitrogen functional groups attached to an aromatic ring is 1. The first-order valence-corrected chi connectivity index (χ1v) is 5.60. The number of esters is 1. The van der Waals surface area contributed by atoms with Crippen molar-refractivity contribution in [1.82, 2.24) is 9.97 Å². The lowest BCUT2D eigenvalue weighted by Crippen LogP contribution is -2.02. The van der Waals surface area contributed by atoms with Crippen LogP contribution in [0, 0.1) is 0 Å². The zero-order valence-corrected chi connectivity index (χ0v) is 9.80. The average Bonchev–Trinajstić information content (AvgIpc) is 2.66. The van der Waals surface area contributed by atoms with Crippen molar-refractivity contribution in [2.75, 3.05) is 12.8 Å². The van der Waals surface area contributed by atoms with Crippen LogP contribution in [0.5, 0.6) is 0 Å². The molecule has 16 heavy (non-hydrogen) atoms. The van der Waals surface area contributed by atoms with Gasteiger partial charge in [-0.1, -0.05) is 6.92 Å². The van der Waals surface area contributed by atoms with Crippen LogP contribution in [0.4, 0.5) is 5.69 Å². The summed E-state index contributed by atoms with van der Waals surface area (Å²) in [6.45, 7) is 1.98. The van der Waals surface area contributed by atoms with E-state index in [2.05, 4.69) is 14.7 Å². The van der Waals surface area contributed by atoms with Gasteiger partial charge in [0.2, 0.25) is 0 Å². The third-order valence-corrected chi connectivity index (χ3v) is 3.40. The standard InChI is InChI=1S/C10H11N3O2S/c1-3-5-6-7(11)8(10(14)15-2)16-9(6)13-4-12-5/h4H,3,11H2,1-2H3. The molecule has 6 heteroatoms. The van der Waals surface area contributed by atoms with E-state index in [9.17, 15) is 4.79 Å². The van der Waals surface area contributed by atoms with Crippen LogP contribution in [0.15, 0.2) is 6.33 Å². The largest absolute Gasteiger partial charge is 0.465 e. The van der Waals surface area contributed by atoms with E-state index in [1.165, 1.54) is 24.8 Å². The van der Waals surface area contributed by atoms with Gasteiger partial charge in [-0.2, -0.15) is 0 Å². The molecule has 0 aliphatic rings. The summed E-state index contributed by atoms with van der Waals surface area (Å²) in [6.07, 6.45) is 2.23. The molecule has 2 rings (SSSR count). The van der Waals surface area contributed by atoms with Crippen LogP contribution in [0.3, 0.4) is 0 Å². The van der Waals surface area contributed by atoms with Crippen molar-refractivity contribution < 1.29 is 9.53 Å². The zero-order valence-electron chi connectivity index (χ0n) is 8.98. The monoisotopic (exact) mass is 237 g/mol. The Balaban J connectivity index is 2.73. The first-order valence-electron chi connectivity index (χ1n) is 4.79. The second kappa shape index (κ2) is 4.05. The number of carbonyl (C=O) groups is 1. The summed E-state index contributed by atoms with van der Waals surface area (Å²) in [7, 11) is 1.33. The van der Waals surface area contributed by atoms with Crippen molar-refractivity contribution in [2.45, 2.75) is 13.3 Å². The Labute approximate surface area is 96.3 Å². The lowest BCUT2D eigenvalue weighted by molar-refractivity contribution is 0.0607. The fraction of sp³-hybridized carbons (Fsp3) is 0.300. The average molecular weight is 237 g/mol. The van der Waals surface area contributed by atoms with E-state index in [0.29, 0.717) is 10.6 Å². The molecule has 0 saturated heterocycles. The molecule has 0 aliphatic heterocycles. The molecular weight excluding hydrogens is 226 g/mol. The van der Waals surface area contributed by atoms with Crippen LogP contribution in [-0.4, -0.2) is 23.0 Å². The third kappa shape index (κ3) is 1.51. The van der Waals surface area contributed by atoms with Crippen LogP contribution in [0.25, 0.3) is 10.2 Å². The van der Waals surface area contributed by atoms with E-state index in [-0.39, 0.29) is 0 Å². The van der Waals surface area contributed by atoms with Crippen LogP contribution in [0.1, 0.15) is 22.3 Å². The molecule has 2 aromatic heterocycles. The highest BCUT2D eigenvalue weighted by molar-refractivity contribution is 7.21. The molecule has 0 unspecified atom stereocenters. The lowest BCUT2D eigenvalue weighted by atomic mass is 10.2. The molecule has 2 heterocycles. The summed E-state index contributed by atoms with van der Waals surface area (Å²) >= 11 is 1.24. The Morgan fingerprint density at radius 3 is 2.94 bits per heavy atom. The first kappa shape index (κ1) is 10.8. The van der Waals surface area contributed by atoms with E-state index in [0.717, 1.165) is 22.3 Å². The van der Waals surface area contributed by atoms with Gasteiger partial charge < -0.3 is 10.5 Å². The number of hydrogen-bond acceptors (Lipinski definition) is 6. The number of ether oxygens (including phenoxy) is 1. The van der Waals surface area contributed by atoms with Gasteiger partial charge in [-0.3, -0.25) is 0 Å². The van der Waals surface area contributed by atoms with Gasteiger partial charge in [0.05, 0.1) is 23.9 Å². The third-order valence-electron chi connectivity index (χ3n) is 2.31. The maximum absolute atomic E-state index is 11.5. The van der Waals surface area contributed by atoms with Crippen LogP contribution in [-0.2, 0) is 11.2 Å². The highest BCUT2D eigenvalue weighted by atomic mass is 32.1. The van der Waals surface area contributed by atoms with Crippen molar-refractivity contribution in [3.05, 3.63) is 16.9 Å². The molecule has 0 fully saturated rings. The van der Waals surface area contributed by atoms with Crippen molar-refractivity contribution in [1.29, 1.82) is 0 Å². The predicted octanol–water partition coefficient (Wildman–Crippen LogP) is 1.62. The predicted molar refractivity (Wildman–Crippen MR) is 62.5 cm³/mol. The normalized spacial score (nSPS) is 10.6. The lowest BCUT2D eigenvalue weighted by Gasteiger charge is -1.99. The molecule has 0 bridgehead atoms. The smallest absolute Gasteiger partial charge is 0.350 e. The topological polar surface area (TPSA) is 78.1 Å². The summed E-state index contributed by atoms with van der Waals surface area (Å²) < 4.78 is 4.66. The minimum Gasteiger partial charge on any atom is -0.465 e. The zero-order chi connectivity index (χ0) is 11.7. The number of carbonyl (C=O) groups excluding carboxylic acids is 1. The summed E-state index contributed by atoms with van der Waals surface area (Å²) in [5, 5.41) is 0.774. The minimum absolute atomic E-state index is 0.396. The number of nitrogens with zero attached hydrogens (tertiary/aromatic N) is 2. The highest BCUT2D eigenvalue weighted by Crippen LogP contribution is 2.34. The quantitative estimate of drug-likeness (QED) is 0.803. The summed E-state index contributed by atoms with van der Waals surface area (Å²) in [5.74, 6) is -0.428. The van der Waals surface area contributed by atoms with E-state index in [1.54, 1.807) is 0 Å². The second-order valence-electron chi connectivity index (χ2n) is 3.19. The Kier molecular flexibility index (Phi) is 2.74. The number of rotatable bonds is 2. The number of methoxy groups -OCH3 is 1. The second-order valence-corrected chi connectivity index (χ2v) is 4.19. The van der Waals surface area contributed by atoms with Crippen molar-refractivity contribution in [2.24, 2.45) is 0 Å². The van der Waals surface area contributed by atoms with Crippen LogP contribution in [0.2, 0.25) is 0 Å². The number of anilines is 1. The van der Waals surface area contributed by atoms with Crippen LogP contribution < -0.4 is 5.73 Å². The van der Waals surface area contributed by atoms with Crippen LogP contribution >= 0.6 is 11.3 Å². The Bertz CT molecular complexity index is 550. The van der Waals surface area contributed by atoms with E-state index in [4.69, 9.17) is 5.73 Å². The van der Waals surface area contributed by atoms with Crippen molar-refractivity contribution in [3.63, 3.8) is 0 Å². The molecule has 2 N–H and O–H groups in total. The molecule has 0 spiro atoms. The Morgan fingerprint density at radius 1 is 1.56 bits per heavy atom. The van der Waals surface area contributed by atoms with Gasteiger partial charge >= 0.3 is 5.97 Å². The number of nitrogens with two attached hydrogens (primary N) is 1. The summed E-state index contributed by atoms with van der Waals surface area (Å²) in [4.78, 5) is 20.8. The van der Waals surface area contributed by atoms with E-state index in [1.807, 2.05) is 6.92 Å². The number of aromatic nitrogens is 2. The van der Waals surface area contributed by atoms with Gasteiger partial charge in [-0.25, -0.2) is 14.8 Å². The van der Waals surface area contributed by atoms with Crippen molar-refractivity contribution >= 4 is 33.2 Å². The fourth-order valence-electron chi connectivity index (χ4n) is 1.53. The number of thiophene rings is 1. The summed E-state index contributed by atoms with van der Waals surface area (Å²) in [6, 6.07) is 0. The number of hydrogen-bond donors (Lipinski definition) is 1. The molecule has 0 aliphatic carbocycles. The van der Waals surface area contributed by atoms with E-state index < -0.39 is 5.97 Å². The molecule has 2 aromatic rings. The maximum atomic E-state index is 11.5. The molecule has 0 radical (unpaired) electrons. The van der Waals surface area contributed by atoms with E-state index >= 15 is 0 Å². The molecule has 5 nitrogen and oxygen atoms in total. The van der Waals surface area contributed by atoms with Crippen molar-refractivity contribution in [3.8, 4) is 0 Å². The number of aryl methyl sites for hydroxylation is 1. The number of fused-ring (bicyclic) bond motifs is 1. The molecule has 0 saturated carbocycles. The summed E-state index contributed by atoms with van der Waals surface area (Å²) in [5.41, 5.74) is 7.20. The van der Waals surface area contributed by atoms with Gasteiger partial charge in [-0.15, -0.1) is 11.3 Å². The minimum atomic E-state index is -0.428. The first-order chi connectivity index (χ1) is 7.69. The van der Waals surface area contributed by atoms with Gasteiger partial charge in [0.15, 0.2) is 0 Å². The van der Waals surface area contributed by atoms with Gasteiger partial charge in [-0.05, 0) is 6.42 Å². The molecule has 84 valence electrons. The Morgan fingerprint density at radius 2 is 2.31 bits per heavy atom. The molecular formula is C10H11N3O2S. The van der Waals surface area contributed by atoms with Gasteiger partial charge in [0.1, 0.15) is 16.0 Å². The molecule has 0 amide bonds. The molecule has 0 atom stereocenters. The SMILES string of the molecule is CCc1ncnc2sc(C(=O)OC)c(N)c12. The maximum Gasteiger partial charge on any atom is 0.350 e. The fourth-order valence-corrected chi connectivity index (χ4v) is 2.53. The van der Waals surface area contributed by atoms with Gasteiger partial charge in [0.25, 0.3) is 0 Å².